The van der Waals surface area contributed by atoms with Gasteiger partial charge in [-0.05, 0) is 77.9 Å². The van der Waals surface area contributed by atoms with Gasteiger partial charge < -0.3 is 13.6 Å². The van der Waals surface area contributed by atoms with Gasteiger partial charge in [0.25, 0.3) is 0 Å². The normalized spacial score (nSPS) is 12.0. The summed E-state index contributed by atoms with van der Waals surface area (Å²) < 4.78 is 14.5. The number of fused-ring (bicyclic) bond motifs is 14. The highest BCUT2D eigenvalue weighted by atomic mass is 32.1. The van der Waals surface area contributed by atoms with Crippen LogP contribution in [0.2, 0.25) is 0 Å². The van der Waals surface area contributed by atoms with Crippen LogP contribution >= 0.6 is 11.3 Å². The summed E-state index contributed by atoms with van der Waals surface area (Å²) >= 11 is 1.76. The molecule has 0 atom stereocenters. The highest BCUT2D eigenvalue weighted by molar-refractivity contribution is 7.26. The molecule has 0 aliphatic carbocycles. The SMILES string of the molecule is c1ccc(-c2nc(-c3cc(-c4ccccc4)c(-n4c5ccccc5c5c6oc7c(ccc8c7c7ccccc7n8-c7ccccc7)c6ccc54)c(-c4ccccc4)c3)c3sc4ccccc4c3n2)cc1. The molecule has 70 heavy (non-hydrogen) atoms. The summed E-state index contributed by atoms with van der Waals surface area (Å²) in [5, 5.41) is 7.82. The summed E-state index contributed by atoms with van der Waals surface area (Å²) in [5.41, 5.74) is 16.7. The second-order valence-corrected chi connectivity index (χ2v) is 19.1. The molecule has 0 saturated heterocycles. The Labute approximate surface area is 405 Å². The van der Waals surface area contributed by atoms with Gasteiger partial charge in [0.2, 0.25) is 0 Å². The molecule has 6 heteroatoms. The van der Waals surface area contributed by atoms with E-state index in [1.807, 2.05) is 6.07 Å². The Hall–Kier alpha value is -9.10. The first-order chi connectivity index (χ1) is 34.7. The summed E-state index contributed by atoms with van der Waals surface area (Å²) in [6, 6.07) is 82.5. The zero-order chi connectivity index (χ0) is 45.9. The lowest BCUT2D eigenvalue weighted by molar-refractivity contribution is 0.677. The second-order valence-electron chi connectivity index (χ2n) is 18.0. The first-order valence-electron chi connectivity index (χ1n) is 23.7. The predicted molar refractivity (Wildman–Crippen MR) is 293 cm³/mol. The predicted octanol–water partition coefficient (Wildman–Crippen LogP) is 17.6. The van der Waals surface area contributed by atoms with Crippen LogP contribution in [-0.2, 0) is 0 Å². The molecule has 0 N–H and O–H groups in total. The van der Waals surface area contributed by atoms with Crippen LogP contribution in [0.3, 0.4) is 0 Å². The van der Waals surface area contributed by atoms with Crippen LogP contribution in [0.4, 0.5) is 0 Å². The minimum absolute atomic E-state index is 0.706. The summed E-state index contributed by atoms with van der Waals surface area (Å²) in [5.74, 6) is 0.706. The molecule has 0 unspecified atom stereocenters. The van der Waals surface area contributed by atoms with E-state index < -0.39 is 0 Å². The third-order valence-corrected chi connectivity index (χ3v) is 15.3. The average Bonchev–Trinajstić information content (AvgIpc) is 4.19. The van der Waals surface area contributed by atoms with Gasteiger partial charge in [-0.15, -0.1) is 11.3 Å². The maximum atomic E-state index is 7.37. The Balaban J connectivity index is 1.06. The van der Waals surface area contributed by atoms with E-state index in [0.717, 1.165) is 132 Å². The molecule has 0 fully saturated rings. The average molecular weight is 911 g/mol. The Morgan fingerprint density at radius 2 is 0.857 bits per heavy atom. The van der Waals surface area contributed by atoms with Gasteiger partial charge in [0.05, 0.1) is 54.4 Å². The fraction of sp³-hybridized carbons (Fsp3) is 0. The monoisotopic (exact) mass is 910 g/mol. The van der Waals surface area contributed by atoms with Crippen LogP contribution in [-0.4, -0.2) is 19.1 Å². The van der Waals surface area contributed by atoms with Crippen LogP contribution in [0.1, 0.15) is 0 Å². The molecule has 0 amide bonds. The van der Waals surface area contributed by atoms with Crippen molar-refractivity contribution in [1.82, 2.24) is 19.1 Å². The highest BCUT2D eigenvalue weighted by Gasteiger charge is 2.27. The number of furan rings is 1. The summed E-state index contributed by atoms with van der Waals surface area (Å²) in [4.78, 5) is 10.8. The van der Waals surface area contributed by atoms with E-state index in [1.165, 1.54) is 4.70 Å². The maximum absolute atomic E-state index is 7.37. The van der Waals surface area contributed by atoms with Gasteiger partial charge in [-0.2, -0.15) is 0 Å². The number of para-hydroxylation sites is 3. The van der Waals surface area contributed by atoms with Crippen LogP contribution < -0.4 is 0 Å². The molecule has 0 bridgehead atoms. The van der Waals surface area contributed by atoms with Gasteiger partial charge in [0, 0.05) is 59.6 Å². The van der Waals surface area contributed by atoms with Gasteiger partial charge in [-0.25, -0.2) is 9.97 Å². The lowest BCUT2D eigenvalue weighted by atomic mass is 9.91. The fourth-order valence-electron chi connectivity index (χ4n) is 11.1. The maximum Gasteiger partial charge on any atom is 0.160 e. The van der Waals surface area contributed by atoms with Crippen LogP contribution in [0.15, 0.2) is 235 Å². The molecule has 326 valence electrons. The minimum Gasteiger partial charge on any atom is -0.455 e. The van der Waals surface area contributed by atoms with E-state index in [1.54, 1.807) is 11.3 Å². The van der Waals surface area contributed by atoms with E-state index in [2.05, 4.69) is 234 Å². The minimum atomic E-state index is 0.706. The fourth-order valence-corrected chi connectivity index (χ4v) is 12.2. The number of hydrogen-bond acceptors (Lipinski definition) is 4. The zero-order valence-corrected chi connectivity index (χ0v) is 38.4. The molecular formula is C64H38N4OS. The number of aromatic nitrogens is 4. The third-order valence-electron chi connectivity index (χ3n) is 14.1. The molecule has 0 saturated carbocycles. The number of hydrogen-bond donors (Lipinski definition) is 0. The zero-order valence-electron chi connectivity index (χ0n) is 37.5. The Morgan fingerprint density at radius 3 is 1.46 bits per heavy atom. The lowest BCUT2D eigenvalue weighted by Crippen LogP contribution is -2.02. The van der Waals surface area contributed by atoms with E-state index in [0.29, 0.717) is 5.82 Å². The summed E-state index contributed by atoms with van der Waals surface area (Å²) in [6.07, 6.45) is 0. The van der Waals surface area contributed by atoms with Gasteiger partial charge >= 0.3 is 0 Å². The van der Waals surface area contributed by atoms with Gasteiger partial charge in [0.15, 0.2) is 5.82 Å². The van der Waals surface area contributed by atoms with Crippen LogP contribution in [0, 0.1) is 0 Å². The van der Waals surface area contributed by atoms with Gasteiger partial charge in [-0.1, -0.05) is 164 Å². The Bertz CT molecular complexity index is 4510. The summed E-state index contributed by atoms with van der Waals surface area (Å²) in [7, 11) is 0. The molecule has 15 aromatic rings. The van der Waals surface area contributed by atoms with Crippen molar-refractivity contribution in [3.8, 4) is 56.3 Å². The lowest BCUT2D eigenvalue weighted by Gasteiger charge is -2.21. The van der Waals surface area contributed by atoms with Gasteiger partial charge in [0.1, 0.15) is 11.2 Å². The molecule has 5 aromatic heterocycles. The van der Waals surface area contributed by atoms with E-state index in [9.17, 15) is 0 Å². The molecule has 0 aliphatic rings. The van der Waals surface area contributed by atoms with Gasteiger partial charge in [-0.3, -0.25) is 0 Å². The molecule has 10 aromatic carbocycles. The molecule has 15 rings (SSSR count). The number of rotatable bonds is 6. The number of nitrogens with zero attached hydrogens (tertiary/aromatic N) is 4. The van der Waals surface area contributed by atoms with Crippen molar-refractivity contribution in [3.63, 3.8) is 0 Å². The topological polar surface area (TPSA) is 48.8 Å². The van der Waals surface area contributed by atoms with Crippen molar-refractivity contribution in [2.75, 3.05) is 0 Å². The van der Waals surface area contributed by atoms with E-state index >= 15 is 0 Å². The van der Waals surface area contributed by atoms with Crippen LogP contribution in [0.25, 0.3) is 142 Å². The van der Waals surface area contributed by atoms with Crippen molar-refractivity contribution < 1.29 is 4.42 Å². The smallest absolute Gasteiger partial charge is 0.160 e. The molecular weight excluding hydrogens is 873 g/mol. The second kappa shape index (κ2) is 15.2. The van der Waals surface area contributed by atoms with Crippen molar-refractivity contribution in [2.45, 2.75) is 0 Å². The molecule has 5 nitrogen and oxygen atoms in total. The quantitative estimate of drug-likeness (QED) is 0.167. The Morgan fingerprint density at radius 1 is 0.371 bits per heavy atom. The van der Waals surface area contributed by atoms with Crippen molar-refractivity contribution in [3.05, 3.63) is 231 Å². The largest absolute Gasteiger partial charge is 0.455 e. The molecule has 5 heterocycles. The van der Waals surface area contributed by atoms with Crippen molar-refractivity contribution >= 4 is 97.2 Å². The molecule has 0 spiro atoms. The first-order valence-corrected chi connectivity index (χ1v) is 24.5. The number of thiophene rings is 1. The van der Waals surface area contributed by atoms with Crippen molar-refractivity contribution in [1.29, 1.82) is 0 Å². The van der Waals surface area contributed by atoms with E-state index in [4.69, 9.17) is 14.4 Å². The van der Waals surface area contributed by atoms with Crippen molar-refractivity contribution in [2.24, 2.45) is 0 Å². The first kappa shape index (κ1) is 38.9. The Kier molecular flexibility index (Phi) is 8.46. The standard InChI is InChI=1S/C64H38N4OS/c1-5-19-39(20-6-1)49-37-42(58-63-59(48-29-15-18-32-55(48)70-63)66-64(65-58)41-23-9-3-10-24-41)38-50(40-21-7-2-8-22-40)60(49)68-52-31-17-14-28-47(52)57-54(68)36-34-45-44-33-35-53-56(61(44)69-62(45)57)46-27-13-16-30-51(46)67(53)43-25-11-4-12-26-43/h1-38H. The van der Waals surface area contributed by atoms with Crippen LogP contribution in [0.5, 0.6) is 0 Å². The summed E-state index contributed by atoms with van der Waals surface area (Å²) in [6.45, 7) is 0. The molecule has 0 aliphatic heterocycles. The molecule has 0 radical (unpaired) electrons. The highest BCUT2D eigenvalue weighted by Crippen LogP contribution is 2.49. The van der Waals surface area contributed by atoms with E-state index in [-0.39, 0.29) is 0 Å². The third kappa shape index (κ3) is 5.71. The number of benzene rings is 10.